The summed E-state index contributed by atoms with van der Waals surface area (Å²) in [6.07, 6.45) is 0. The van der Waals surface area contributed by atoms with Crippen molar-refractivity contribution in [1.82, 2.24) is 15.6 Å². The highest BCUT2D eigenvalue weighted by Crippen LogP contribution is 2.24. The van der Waals surface area contributed by atoms with E-state index in [1.165, 1.54) is 0 Å². The van der Waals surface area contributed by atoms with E-state index in [9.17, 15) is 0 Å². The van der Waals surface area contributed by atoms with Crippen LogP contribution in [-0.4, -0.2) is 17.5 Å². The van der Waals surface area contributed by atoms with E-state index in [1.807, 2.05) is 57.2 Å². The molecule has 0 aliphatic carbocycles. The Balaban J connectivity index is 1.63. The van der Waals surface area contributed by atoms with Crippen LogP contribution in [0.3, 0.4) is 0 Å². The van der Waals surface area contributed by atoms with Gasteiger partial charge in [-0.3, -0.25) is 0 Å². The van der Waals surface area contributed by atoms with Crippen LogP contribution in [0, 0.1) is 13.8 Å². The van der Waals surface area contributed by atoms with Crippen molar-refractivity contribution in [2.24, 2.45) is 4.99 Å². The fourth-order valence-corrected chi connectivity index (χ4v) is 2.77. The maximum Gasteiger partial charge on any atom is 0.214 e. The fraction of sp³-hybridized carbons (Fsp3) is 0.300. The van der Waals surface area contributed by atoms with Crippen LogP contribution < -0.4 is 10.6 Å². The Hall–Kier alpha value is -2.54. The summed E-state index contributed by atoms with van der Waals surface area (Å²) in [6, 6.07) is 11.9. The summed E-state index contributed by atoms with van der Waals surface area (Å²) in [6.45, 7) is 7.54. The lowest BCUT2D eigenvalue weighted by Gasteiger charge is -2.09. The Kier molecular flexibility index (Phi) is 6.34. The molecule has 0 fully saturated rings. The fourth-order valence-electron chi connectivity index (χ4n) is 2.51. The molecule has 3 rings (SSSR count). The van der Waals surface area contributed by atoms with Crippen molar-refractivity contribution >= 4 is 21.9 Å². The molecule has 0 spiro atoms. The maximum atomic E-state index is 5.91. The SMILES string of the molecule is CCNC(=NCc1ccc(-c2ccc(Br)cc2)o1)NCc1nc(C)c(C)o1. The van der Waals surface area contributed by atoms with E-state index in [2.05, 4.69) is 36.5 Å². The average molecular weight is 431 g/mol. The number of aromatic nitrogens is 1. The van der Waals surface area contributed by atoms with Crippen LogP contribution in [0.25, 0.3) is 11.3 Å². The number of hydrogen-bond acceptors (Lipinski definition) is 4. The molecule has 0 unspecified atom stereocenters. The third kappa shape index (κ3) is 5.23. The van der Waals surface area contributed by atoms with Gasteiger partial charge >= 0.3 is 0 Å². The summed E-state index contributed by atoms with van der Waals surface area (Å²) in [7, 11) is 0. The van der Waals surface area contributed by atoms with Gasteiger partial charge in [0.05, 0.1) is 12.2 Å². The minimum Gasteiger partial charge on any atom is -0.459 e. The van der Waals surface area contributed by atoms with Gasteiger partial charge in [0.15, 0.2) is 5.96 Å². The zero-order valence-corrected chi connectivity index (χ0v) is 17.3. The molecule has 0 aliphatic heterocycles. The van der Waals surface area contributed by atoms with E-state index < -0.39 is 0 Å². The zero-order chi connectivity index (χ0) is 19.2. The predicted octanol–water partition coefficient (Wildman–Crippen LogP) is 4.57. The normalized spacial score (nSPS) is 11.6. The molecule has 6 nitrogen and oxygen atoms in total. The molecule has 3 aromatic rings. The number of aryl methyl sites for hydroxylation is 2. The first kappa shape index (κ1) is 19.2. The number of halogens is 1. The minimum absolute atomic E-state index is 0.440. The van der Waals surface area contributed by atoms with E-state index in [4.69, 9.17) is 8.83 Å². The van der Waals surface area contributed by atoms with Crippen molar-refractivity contribution in [3.63, 3.8) is 0 Å². The molecule has 142 valence electrons. The molecule has 2 N–H and O–H groups in total. The standard InChI is InChI=1S/C20H23BrN4O2/c1-4-22-20(24-12-19-25-13(2)14(3)26-19)23-11-17-9-10-18(27-17)15-5-7-16(21)8-6-15/h5-10H,4,11-12H2,1-3H3,(H2,22,23,24). The van der Waals surface area contributed by atoms with Crippen LogP contribution >= 0.6 is 15.9 Å². The zero-order valence-electron chi connectivity index (χ0n) is 15.7. The van der Waals surface area contributed by atoms with Crippen LogP contribution in [0.5, 0.6) is 0 Å². The van der Waals surface area contributed by atoms with Crippen molar-refractivity contribution < 1.29 is 8.83 Å². The molecule has 27 heavy (non-hydrogen) atoms. The maximum absolute atomic E-state index is 5.91. The topological polar surface area (TPSA) is 75.6 Å². The Morgan fingerprint density at radius 1 is 1.07 bits per heavy atom. The number of benzene rings is 1. The van der Waals surface area contributed by atoms with Crippen LogP contribution in [0.15, 0.2) is 54.7 Å². The van der Waals surface area contributed by atoms with E-state index in [-0.39, 0.29) is 0 Å². The lowest BCUT2D eigenvalue weighted by atomic mass is 10.2. The molecular weight excluding hydrogens is 408 g/mol. The predicted molar refractivity (Wildman–Crippen MR) is 109 cm³/mol. The molecule has 2 heterocycles. The van der Waals surface area contributed by atoms with Gasteiger partial charge in [0.1, 0.15) is 23.8 Å². The first-order chi connectivity index (χ1) is 13.0. The third-order valence-electron chi connectivity index (χ3n) is 4.01. The highest BCUT2D eigenvalue weighted by molar-refractivity contribution is 9.10. The number of nitrogens with zero attached hydrogens (tertiary/aromatic N) is 2. The van der Waals surface area contributed by atoms with E-state index in [0.29, 0.717) is 24.9 Å². The molecule has 0 saturated carbocycles. The minimum atomic E-state index is 0.440. The van der Waals surface area contributed by atoms with Gasteiger partial charge in [-0.1, -0.05) is 28.1 Å². The largest absolute Gasteiger partial charge is 0.459 e. The molecule has 0 radical (unpaired) electrons. The van der Waals surface area contributed by atoms with Crippen LogP contribution in [0.4, 0.5) is 0 Å². The Morgan fingerprint density at radius 2 is 1.85 bits per heavy atom. The Bertz CT molecular complexity index is 893. The van der Waals surface area contributed by atoms with Crippen molar-refractivity contribution in [2.45, 2.75) is 33.9 Å². The molecule has 0 saturated heterocycles. The number of hydrogen-bond donors (Lipinski definition) is 2. The molecular formula is C20H23BrN4O2. The molecule has 0 atom stereocenters. The quantitative estimate of drug-likeness (QED) is 0.442. The van der Waals surface area contributed by atoms with Crippen molar-refractivity contribution in [2.75, 3.05) is 6.54 Å². The summed E-state index contributed by atoms with van der Waals surface area (Å²) in [5.41, 5.74) is 1.94. The lowest BCUT2D eigenvalue weighted by Crippen LogP contribution is -2.36. The lowest BCUT2D eigenvalue weighted by molar-refractivity contribution is 0.463. The smallest absolute Gasteiger partial charge is 0.214 e. The molecule has 2 aromatic heterocycles. The van der Waals surface area contributed by atoms with E-state index in [0.717, 1.165) is 39.6 Å². The number of furan rings is 1. The van der Waals surface area contributed by atoms with Gasteiger partial charge in [-0.15, -0.1) is 0 Å². The first-order valence-corrected chi connectivity index (χ1v) is 9.64. The van der Waals surface area contributed by atoms with Gasteiger partial charge in [0.2, 0.25) is 5.89 Å². The second kappa shape index (κ2) is 8.90. The molecule has 0 bridgehead atoms. The summed E-state index contributed by atoms with van der Waals surface area (Å²) < 4.78 is 12.5. The van der Waals surface area contributed by atoms with Crippen LogP contribution in [0.1, 0.15) is 30.0 Å². The van der Waals surface area contributed by atoms with Crippen LogP contribution in [-0.2, 0) is 13.1 Å². The molecule has 0 aliphatic rings. The van der Waals surface area contributed by atoms with Crippen molar-refractivity contribution in [3.8, 4) is 11.3 Å². The highest BCUT2D eigenvalue weighted by Gasteiger charge is 2.08. The number of rotatable bonds is 6. The molecule has 0 amide bonds. The summed E-state index contributed by atoms with van der Waals surface area (Å²) in [5, 5.41) is 6.44. The highest BCUT2D eigenvalue weighted by atomic mass is 79.9. The summed E-state index contributed by atoms with van der Waals surface area (Å²) >= 11 is 3.44. The van der Waals surface area contributed by atoms with Gasteiger partial charge in [0, 0.05) is 16.6 Å². The monoisotopic (exact) mass is 430 g/mol. The van der Waals surface area contributed by atoms with E-state index in [1.54, 1.807) is 0 Å². The van der Waals surface area contributed by atoms with Crippen molar-refractivity contribution in [1.29, 1.82) is 0 Å². The number of aliphatic imine (C=N–C) groups is 1. The van der Waals surface area contributed by atoms with Crippen LogP contribution in [0.2, 0.25) is 0 Å². The second-order valence-electron chi connectivity index (χ2n) is 6.07. The van der Waals surface area contributed by atoms with Gasteiger partial charge in [0.25, 0.3) is 0 Å². The Morgan fingerprint density at radius 3 is 2.52 bits per heavy atom. The second-order valence-corrected chi connectivity index (χ2v) is 6.99. The number of nitrogens with one attached hydrogen (secondary N) is 2. The van der Waals surface area contributed by atoms with Gasteiger partial charge in [-0.05, 0) is 45.0 Å². The summed E-state index contributed by atoms with van der Waals surface area (Å²) in [5.74, 6) is 3.80. The van der Waals surface area contributed by atoms with Gasteiger partial charge < -0.3 is 19.5 Å². The third-order valence-corrected chi connectivity index (χ3v) is 4.54. The summed E-state index contributed by atoms with van der Waals surface area (Å²) in [4.78, 5) is 8.94. The Labute approximate surface area is 167 Å². The van der Waals surface area contributed by atoms with Gasteiger partial charge in [-0.2, -0.15) is 0 Å². The molecule has 7 heteroatoms. The van der Waals surface area contributed by atoms with Crippen molar-refractivity contribution in [3.05, 3.63) is 64.0 Å². The average Bonchev–Trinajstić information content (AvgIpc) is 3.25. The first-order valence-electron chi connectivity index (χ1n) is 8.85. The number of oxazole rings is 1. The van der Waals surface area contributed by atoms with E-state index >= 15 is 0 Å². The van der Waals surface area contributed by atoms with Gasteiger partial charge in [-0.25, -0.2) is 9.98 Å². The molecule has 1 aromatic carbocycles. The number of guanidine groups is 1.